The van der Waals surface area contributed by atoms with Crippen LogP contribution in [0.15, 0.2) is 18.2 Å². The fraction of sp³-hybridized carbons (Fsp3) is 0.791. The SMILES string of the molecule is CC[C@@H]1OC(=O)C(C)[C@H](O)C(C)[C@H](O[C@@H]2O[C@H](C)CC(N(C)C)C2O)C(C)(O)C[C@H](C)CN(CCCNC(O)Nc2ccc3c(c2)=CCCC=3)[C@H](C)C(O)C1(C)O. The molecule has 0 bridgehead atoms. The maximum atomic E-state index is 13.7. The molecule has 2 heterocycles. The molecule has 0 amide bonds. The monoisotopic (exact) mass is 807 g/mol. The molecule has 14 nitrogen and oxygen atoms in total. The van der Waals surface area contributed by atoms with Crippen LogP contribution in [0.5, 0.6) is 0 Å². The molecule has 0 saturated carbocycles. The van der Waals surface area contributed by atoms with Crippen LogP contribution in [-0.2, 0) is 19.0 Å². The van der Waals surface area contributed by atoms with E-state index in [9.17, 15) is 35.4 Å². The highest BCUT2D eigenvalue weighted by Crippen LogP contribution is 2.37. The first-order valence-corrected chi connectivity index (χ1v) is 21.1. The van der Waals surface area contributed by atoms with Crippen molar-refractivity contribution >= 4 is 23.8 Å². The van der Waals surface area contributed by atoms with Crippen molar-refractivity contribution in [2.75, 3.05) is 39.0 Å². The number of hydrogen-bond donors (Lipinski definition) is 8. The lowest BCUT2D eigenvalue weighted by molar-refractivity contribution is -0.299. The highest BCUT2D eigenvalue weighted by Gasteiger charge is 2.50. The number of nitrogens with zero attached hydrogens (tertiary/aromatic N) is 2. The van der Waals surface area contributed by atoms with Gasteiger partial charge < -0.3 is 55.1 Å². The van der Waals surface area contributed by atoms with Gasteiger partial charge in [-0.15, -0.1) is 0 Å². The summed E-state index contributed by atoms with van der Waals surface area (Å²) < 4.78 is 18.5. The summed E-state index contributed by atoms with van der Waals surface area (Å²) in [5.74, 6) is -2.90. The fourth-order valence-electron chi connectivity index (χ4n) is 9.13. The number of carbonyl (C=O) groups is 1. The van der Waals surface area contributed by atoms with Gasteiger partial charge in [0.15, 0.2) is 12.6 Å². The second-order valence-corrected chi connectivity index (χ2v) is 17.9. The van der Waals surface area contributed by atoms with Gasteiger partial charge in [0.2, 0.25) is 0 Å². The lowest BCUT2D eigenvalue weighted by Gasteiger charge is -2.46. The first kappa shape index (κ1) is 47.5. The van der Waals surface area contributed by atoms with E-state index >= 15 is 0 Å². The lowest BCUT2D eigenvalue weighted by Crippen LogP contribution is -2.59. The number of ether oxygens (including phenoxy) is 3. The summed E-state index contributed by atoms with van der Waals surface area (Å²) in [4.78, 5) is 17.6. The van der Waals surface area contributed by atoms with Crippen molar-refractivity contribution in [1.29, 1.82) is 0 Å². The molecular weight excluding hydrogens is 732 g/mol. The van der Waals surface area contributed by atoms with Crippen LogP contribution in [0.4, 0.5) is 5.69 Å². The Morgan fingerprint density at radius 3 is 2.33 bits per heavy atom. The Bertz CT molecular complexity index is 1560. The molecular formula is C43H74N4O10. The molecule has 4 rings (SSSR count). The van der Waals surface area contributed by atoms with Crippen LogP contribution in [0.1, 0.15) is 93.9 Å². The quantitative estimate of drug-likeness (QED) is 0.0899. The topological polar surface area (TPSA) is 197 Å². The van der Waals surface area contributed by atoms with Crippen molar-refractivity contribution < 1.29 is 49.6 Å². The average Bonchev–Trinajstić information content (AvgIpc) is 3.15. The van der Waals surface area contributed by atoms with E-state index in [0.717, 1.165) is 23.7 Å². The summed E-state index contributed by atoms with van der Waals surface area (Å²) in [7, 11) is 3.75. The van der Waals surface area contributed by atoms with Crippen molar-refractivity contribution in [2.24, 2.45) is 17.8 Å². The van der Waals surface area contributed by atoms with Gasteiger partial charge in [-0.1, -0.05) is 39.0 Å². The van der Waals surface area contributed by atoms with Gasteiger partial charge in [0, 0.05) is 36.8 Å². The number of hydrogen-bond acceptors (Lipinski definition) is 14. The van der Waals surface area contributed by atoms with Crippen LogP contribution in [-0.4, -0.2) is 153 Å². The summed E-state index contributed by atoms with van der Waals surface area (Å²) in [5.41, 5.74) is -2.64. The van der Waals surface area contributed by atoms with Crippen LogP contribution in [0.2, 0.25) is 0 Å². The first-order chi connectivity index (χ1) is 26.7. The normalized spacial score (nSPS) is 39.5. The lowest BCUT2D eigenvalue weighted by atomic mass is 9.78. The second kappa shape index (κ2) is 20.4. The molecule has 1 aromatic carbocycles. The third-order valence-electron chi connectivity index (χ3n) is 12.5. The Morgan fingerprint density at radius 1 is 1.02 bits per heavy atom. The van der Waals surface area contributed by atoms with E-state index in [2.05, 4.69) is 22.8 Å². The van der Waals surface area contributed by atoms with E-state index in [1.807, 2.05) is 62.9 Å². The summed E-state index contributed by atoms with van der Waals surface area (Å²) in [6.45, 7) is 15.1. The molecule has 14 heteroatoms. The van der Waals surface area contributed by atoms with Crippen LogP contribution < -0.4 is 21.1 Å². The van der Waals surface area contributed by atoms with Crippen LogP contribution in [0.25, 0.3) is 12.2 Å². The molecule has 15 atom stereocenters. The molecule has 0 spiro atoms. The summed E-state index contributed by atoms with van der Waals surface area (Å²) in [6, 6.07) is 5.11. The third kappa shape index (κ3) is 12.0. The molecule has 8 unspecified atom stereocenters. The standard InChI is InChI=1S/C43H74N4O10/c1-11-34-43(8,54)37(50)29(6)47(20-14-19-44-41(52)45-32-18-17-30-15-12-13-16-31(30)22-32)24-25(2)23-42(7,53)38(27(4)35(48)28(5)39(51)56-34)57-40-36(49)33(46(9)10)21-26(3)55-40/h15-18,22,25-29,33-38,40-41,44-45,48-50,52-54H,11-14,19-21,23-24H2,1-10H3/t25-,26+,27?,28?,29+,33?,34-,35+,36?,37?,38-,40-,41?,42?,43?/m0/s1. The molecule has 1 aliphatic carbocycles. The van der Waals surface area contributed by atoms with Crippen LogP contribution in [0.3, 0.4) is 0 Å². The number of aliphatic hydroxyl groups is 6. The number of rotatable bonds is 11. The van der Waals surface area contributed by atoms with Crippen molar-refractivity contribution in [3.63, 3.8) is 0 Å². The van der Waals surface area contributed by atoms with Crippen molar-refractivity contribution in [1.82, 2.24) is 15.1 Å². The largest absolute Gasteiger partial charge is 0.459 e. The van der Waals surface area contributed by atoms with Gasteiger partial charge in [0.05, 0.1) is 29.8 Å². The van der Waals surface area contributed by atoms with E-state index in [0.29, 0.717) is 32.5 Å². The highest BCUT2D eigenvalue weighted by atomic mass is 16.7. The molecule has 0 radical (unpaired) electrons. The molecule has 8 N–H and O–H groups in total. The number of nitrogens with one attached hydrogen (secondary N) is 2. The Labute approximate surface area is 339 Å². The predicted octanol–water partition coefficient (Wildman–Crippen LogP) is 1.07. The fourth-order valence-corrected chi connectivity index (χ4v) is 9.13. The number of carbonyl (C=O) groups excluding carboxylic acids is 1. The summed E-state index contributed by atoms with van der Waals surface area (Å²) in [5, 5.41) is 78.4. The molecule has 2 saturated heterocycles. The maximum Gasteiger partial charge on any atom is 0.311 e. The van der Waals surface area contributed by atoms with Gasteiger partial charge in [-0.2, -0.15) is 0 Å². The van der Waals surface area contributed by atoms with Gasteiger partial charge in [-0.05, 0) is 122 Å². The minimum Gasteiger partial charge on any atom is -0.459 e. The van der Waals surface area contributed by atoms with E-state index in [4.69, 9.17) is 14.2 Å². The Kier molecular flexibility index (Phi) is 17.0. The van der Waals surface area contributed by atoms with Crippen molar-refractivity contribution in [3.8, 4) is 0 Å². The van der Waals surface area contributed by atoms with E-state index in [1.165, 1.54) is 19.1 Å². The number of esters is 1. The van der Waals surface area contributed by atoms with Gasteiger partial charge in [-0.3, -0.25) is 15.0 Å². The van der Waals surface area contributed by atoms with E-state index < -0.39 is 78.2 Å². The average molecular weight is 807 g/mol. The minimum absolute atomic E-state index is 0.188. The summed E-state index contributed by atoms with van der Waals surface area (Å²) in [6.07, 6.45) is -0.347. The van der Waals surface area contributed by atoms with Gasteiger partial charge >= 0.3 is 5.97 Å². The molecule has 0 aromatic heterocycles. The van der Waals surface area contributed by atoms with E-state index in [-0.39, 0.29) is 30.9 Å². The number of aliphatic hydroxyl groups excluding tert-OH is 4. The van der Waals surface area contributed by atoms with Crippen molar-refractivity contribution in [2.45, 2.75) is 166 Å². The number of likely N-dealkylation sites (N-methyl/N-ethyl adjacent to an activating group) is 1. The van der Waals surface area contributed by atoms with Gasteiger partial charge in [0.1, 0.15) is 23.9 Å². The maximum absolute atomic E-state index is 13.7. The Hall–Kier alpha value is -2.21. The number of fused-ring (bicyclic) bond motifs is 1. The van der Waals surface area contributed by atoms with Crippen molar-refractivity contribution in [3.05, 3.63) is 28.6 Å². The number of anilines is 1. The van der Waals surface area contributed by atoms with Gasteiger partial charge in [0.25, 0.3) is 0 Å². The predicted molar refractivity (Wildman–Crippen MR) is 220 cm³/mol. The number of cyclic esters (lactones) is 1. The molecule has 2 fully saturated rings. The first-order valence-electron chi connectivity index (χ1n) is 21.1. The Balaban J connectivity index is 1.57. The minimum atomic E-state index is -1.85. The molecule has 3 aliphatic rings. The molecule has 2 aliphatic heterocycles. The molecule has 326 valence electrons. The third-order valence-corrected chi connectivity index (χ3v) is 12.5. The van der Waals surface area contributed by atoms with Crippen LogP contribution in [0, 0.1) is 17.8 Å². The summed E-state index contributed by atoms with van der Waals surface area (Å²) >= 11 is 0. The molecule has 57 heavy (non-hydrogen) atoms. The zero-order chi connectivity index (χ0) is 42.4. The van der Waals surface area contributed by atoms with Crippen LogP contribution >= 0.6 is 0 Å². The second-order valence-electron chi connectivity index (χ2n) is 17.9. The Morgan fingerprint density at radius 2 is 1.68 bits per heavy atom. The molecule has 1 aromatic rings. The zero-order valence-corrected chi connectivity index (χ0v) is 36.0. The van der Waals surface area contributed by atoms with E-state index in [1.54, 1.807) is 20.8 Å². The zero-order valence-electron chi connectivity index (χ0n) is 36.0. The highest BCUT2D eigenvalue weighted by molar-refractivity contribution is 5.73. The smallest absolute Gasteiger partial charge is 0.311 e. The van der Waals surface area contributed by atoms with Gasteiger partial charge in [-0.25, -0.2) is 0 Å². The number of benzene rings is 1.